The monoisotopic (exact) mass is 344 g/mol. The Kier molecular flexibility index (Phi) is 4.66. The lowest BCUT2D eigenvalue weighted by Gasteiger charge is -2.05. The van der Waals surface area contributed by atoms with E-state index in [1.54, 1.807) is 24.3 Å². The van der Waals surface area contributed by atoms with Crippen molar-refractivity contribution in [1.82, 2.24) is 0 Å². The van der Waals surface area contributed by atoms with Gasteiger partial charge in [-0.3, -0.25) is 20.2 Å². The van der Waals surface area contributed by atoms with Crippen molar-refractivity contribution in [3.8, 4) is 0 Å². The topological polar surface area (TPSA) is 86.3 Å². The second-order valence-electron chi connectivity index (χ2n) is 3.84. The number of nitro groups is 2. The molecule has 0 radical (unpaired) electrons. The first-order chi connectivity index (χ1) is 9.88. The van der Waals surface area contributed by atoms with Crippen LogP contribution >= 0.6 is 35.0 Å². The Bertz CT molecular complexity index is 687. The van der Waals surface area contributed by atoms with Gasteiger partial charge in [0.05, 0.1) is 14.9 Å². The largest absolute Gasteiger partial charge is 0.291 e. The molecule has 0 atom stereocenters. The van der Waals surface area contributed by atoms with Crippen molar-refractivity contribution in [2.75, 3.05) is 0 Å². The van der Waals surface area contributed by atoms with Crippen LogP contribution in [-0.2, 0) is 0 Å². The molecule has 21 heavy (non-hydrogen) atoms. The zero-order chi connectivity index (χ0) is 15.6. The molecule has 0 saturated carbocycles. The predicted octanol–water partition coefficient (Wildman–Crippen LogP) is 4.96. The van der Waals surface area contributed by atoms with Crippen molar-refractivity contribution in [3.63, 3.8) is 0 Å². The van der Waals surface area contributed by atoms with Crippen LogP contribution in [0.4, 0.5) is 11.4 Å². The maximum atomic E-state index is 11.1. The molecule has 108 valence electrons. The highest BCUT2D eigenvalue weighted by molar-refractivity contribution is 7.99. The van der Waals surface area contributed by atoms with Gasteiger partial charge in [-0.05, 0) is 24.3 Å². The van der Waals surface area contributed by atoms with E-state index in [2.05, 4.69) is 0 Å². The molecular weight excluding hydrogens is 339 g/mol. The minimum atomic E-state index is -0.697. The lowest BCUT2D eigenvalue weighted by Crippen LogP contribution is -1.97. The summed E-state index contributed by atoms with van der Waals surface area (Å²) in [6, 6.07) is 8.61. The molecule has 0 aliphatic rings. The number of nitro benzene ring substituents is 2. The number of hydrogen-bond acceptors (Lipinski definition) is 5. The second kappa shape index (κ2) is 6.30. The zero-order valence-corrected chi connectivity index (χ0v) is 12.5. The highest BCUT2D eigenvalue weighted by Gasteiger charge is 2.27. The summed E-state index contributed by atoms with van der Waals surface area (Å²) in [6.45, 7) is 0. The van der Waals surface area contributed by atoms with Crippen LogP contribution in [0.25, 0.3) is 0 Å². The summed E-state index contributed by atoms with van der Waals surface area (Å²) in [5.74, 6) is 0. The van der Waals surface area contributed by atoms with Crippen molar-refractivity contribution < 1.29 is 9.85 Å². The smallest absolute Gasteiger partial charge is 0.258 e. The Morgan fingerprint density at radius 2 is 1.33 bits per heavy atom. The highest BCUT2D eigenvalue weighted by atomic mass is 35.5. The molecule has 0 saturated heterocycles. The van der Waals surface area contributed by atoms with Gasteiger partial charge in [0.1, 0.15) is 0 Å². The van der Waals surface area contributed by atoms with E-state index in [4.69, 9.17) is 23.2 Å². The fraction of sp³-hybridized carbons (Fsp3) is 0. The quantitative estimate of drug-likeness (QED) is 0.577. The SMILES string of the molecule is O=[N+]([O-])c1cc(Cl)cc([N+](=O)[O-])c1Sc1ccc(Cl)cc1. The molecule has 0 aliphatic heterocycles. The molecule has 0 aliphatic carbocycles. The Labute approximate surface area is 133 Å². The first-order valence-electron chi connectivity index (χ1n) is 5.44. The summed E-state index contributed by atoms with van der Waals surface area (Å²) in [6.07, 6.45) is 0. The van der Waals surface area contributed by atoms with Gasteiger partial charge in [-0.25, -0.2) is 0 Å². The molecule has 0 heterocycles. The van der Waals surface area contributed by atoms with Crippen molar-refractivity contribution in [3.05, 3.63) is 66.7 Å². The fourth-order valence-corrected chi connectivity index (χ4v) is 2.88. The standard InChI is InChI=1S/C12H6Cl2N2O4S/c13-7-1-3-9(4-2-7)21-12-10(15(17)18)5-8(14)6-11(12)16(19)20/h1-6H. The molecule has 9 heteroatoms. The van der Waals surface area contributed by atoms with Crippen molar-refractivity contribution in [2.24, 2.45) is 0 Å². The average Bonchev–Trinajstić information content (AvgIpc) is 2.42. The van der Waals surface area contributed by atoms with E-state index < -0.39 is 21.2 Å². The lowest BCUT2D eigenvalue weighted by molar-refractivity contribution is -0.399. The van der Waals surface area contributed by atoms with Gasteiger partial charge in [0.2, 0.25) is 0 Å². The molecule has 0 amide bonds. The minimum absolute atomic E-state index is 0.0612. The van der Waals surface area contributed by atoms with Crippen LogP contribution in [0, 0.1) is 20.2 Å². The molecule has 2 aromatic carbocycles. The van der Waals surface area contributed by atoms with Crippen LogP contribution in [0.15, 0.2) is 46.2 Å². The summed E-state index contributed by atoms with van der Waals surface area (Å²) in [7, 11) is 0. The van der Waals surface area contributed by atoms with Gasteiger partial charge in [0.15, 0.2) is 4.90 Å². The summed E-state index contributed by atoms with van der Waals surface area (Å²) < 4.78 is 0. The van der Waals surface area contributed by atoms with E-state index in [-0.39, 0.29) is 9.92 Å². The molecule has 0 unspecified atom stereocenters. The third-order valence-electron chi connectivity index (χ3n) is 2.44. The van der Waals surface area contributed by atoms with Crippen molar-refractivity contribution in [1.29, 1.82) is 0 Å². The molecule has 0 spiro atoms. The predicted molar refractivity (Wildman–Crippen MR) is 80.3 cm³/mol. The molecule has 2 rings (SSSR count). The Balaban J connectivity index is 2.56. The normalized spacial score (nSPS) is 10.4. The molecular formula is C12H6Cl2N2O4S. The first-order valence-corrected chi connectivity index (χ1v) is 7.01. The Hall–Kier alpha value is -1.83. The van der Waals surface area contributed by atoms with E-state index in [9.17, 15) is 20.2 Å². The molecule has 6 nitrogen and oxygen atoms in total. The highest BCUT2D eigenvalue weighted by Crippen LogP contribution is 2.43. The van der Waals surface area contributed by atoms with Gasteiger partial charge in [0.25, 0.3) is 11.4 Å². The molecule has 0 aromatic heterocycles. The first kappa shape index (κ1) is 15.6. The van der Waals surface area contributed by atoms with Gasteiger partial charge >= 0.3 is 0 Å². The second-order valence-corrected chi connectivity index (χ2v) is 5.80. The molecule has 0 fully saturated rings. The van der Waals surface area contributed by atoms with E-state index in [1.807, 2.05) is 0 Å². The van der Waals surface area contributed by atoms with E-state index in [0.717, 1.165) is 23.9 Å². The lowest BCUT2D eigenvalue weighted by atomic mass is 10.3. The molecule has 0 bridgehead atoms. The number of halogens is 2. The van der Waals surface area contributed by atoms with Crippen LogP contribution in [0.5, 0.6) is 0 Å². The number of hydrogen-bond donors (Lipinski definition) is 0. The van der Waals surface area contributed by atoms with Gasteiger partial charge < -0.3 is 0 Å². The van der Waals surface area contributed by atoms with Crippen LogP contribution in [-0.4, -0.2) is 9.85 Å². The third kappa shape index (κ3) is 3.63. The van der Waals surface area contributed by atoms with E-state index >= 15 is 0 Å². The van der Waals surface area contributed by atoms with E-state index in [0.29, 0.717) is 9.92 Å². The third-order valence-corrected chi connectivity index (χ3v) is 4.04. The van der Waals surface area contributed by atoms with Crippen molar-refractivity contribution >= 4 is 46.3 Å². The van der Waals surface area contributed by atoms with Crippen LogP contribution in [0.2, 0.25) is 10.0 Å². The summed E-state index contributed by atoms with van der Waals surface area (Å²) in [4.78, 5) is 21.3. The average molecular weight is 345 g/mol. The van der Waals surface area contributed by atoms with Crippen molar-refractivity contribution in [2.45, 2.75) is 9.79 Å². The van der Waals surface area contributed by atoms with Crippen LogP contribution in [0.3, 0.4) is 0 Å². The zero-order valence-electron chi connectivity index (χ0n) is 10.2. The fourth-order valence-electron chi connectivity index (χ4n) is 1.56. The Morgan fingerprint density at radius 1 is 0.857 bits per heavy atom. The maximum absolute atomic E-state index is 11.1. The molecule has 2 aromatic rings. The van der Waals surface area contributed by atoms with Crippen LogP contribution < -0.4 is 0 Å². The summed E-state index contributed by atoms with van der Waals surface area (Å²) in [5, 5.41) is 22.6. The number of nitrogens with zero attached hydrogens (tertiary/aromatic N) is 2. The summed E-state index contributed by atoms with van der Waals surface area (Å²) in [5.41, 5.74) is -0.816. The Morgan fingerprint density at radius 3 is 1.76 bits per heavy atom. The van der Waals surface area contributed by atoms with Gasteiger partial charge in [-0.1, -0.05) is 35.0 Å². The van der Waals surface area contributed by atoms with Gasteiger partial charge in [0, 0.05) is 22.1 Å². The van der Waals surface area contributed by atoms with Gasteiger partial charge in [-0.2, -0.15) is 0 Å². The maximum Gasteiger partial charge on any atom is 0.291 e. The van der Waals surface area contributed by atoms with E-state index in [1.165, 1.54) is 0 Å². The van der Waals surface area contributed by atoms with Gasteiger partial charge in [-0.15, -0.1) is 0 Å². The number of benzene rings is 2. The van der Waals surface area contributed by atoms with Crippen LogP contribution in [0.1, 0.15) is 0 Å². The summed E-state index contributed by atoms with van der Waals surface area (Å²) >= 11 is 12.4. The molecule has 0 N–H and O–H groups in total. The minimum Gasteiger partial charge on any atom is -0.258 e. The number of rotatable bonds is 4.